The minimum atomic E-state index is -0.962. The summed E-state index contributed by atoms with van der Waals surface area (Å²) in [4.78, 5) is 22.3. The van der Waals surface area contributed by atoms with Gasteiger partial charge in [-0.15, -0.1) is 11.3 Å². The fourth-order valence-electron chi connectivity index (χ4n) is 1.55. The van der Waals surface area contributed by atoms with Gasteiger partial charge in [0, 0.05) is 16.6 Å². The second-order valence-electron chi connectivity index (χ2n) is 3.91. The summed E-state index contributed by atoms with van der Waals surface area (Å²) < 4.78 is 13.2. The Balaban J connectivity index is 2.16. The second kappa shape index (κ2) is 5.76. The number of carbonyl (C=O) groups is 1. The molecular formula is C12H10FN3O3S. The van der Waals surface area contributed by atoms with Crippen LogP contribution in [0.4, 0.5) is 15.8 Å². The molecule has 0 saturated heterocycles. The molecule has 1 atom stereocenters. The van der Waals surface area contributed by atoms with E-state index in [1.165, 1.54) is 17.4 Å². The van der Waals surface area contributed by atoms with Crippen molar-refractivity contribution in [3.05, 3.63) is 56.5 Å². The third-order valence-electron chi connectivity index (χ3n) is 2.54. The van der Waals surface area contributed by atoms with Gasteiger partial charge >= 0.3 is 5.69 Å². The van der Waals surface area contributed by atoms with Crippen molar-refractivity contribution in [1.29, 1.82) is 0 Å². The molecule has 0 aliphatic carbocycles. The molecule has 0 saturated carbocycles. The molecule has 8 heteroatoms. The Hall–Kier alpha value is -2.32. The summed E-state index contributed by atoms with van der Waals surface area (Å²) >= 11 is 1.33. The quantitative estimate of drug-likeness (QED) is 0.668. The number of carbonyl (C=O) groups excluding carboxylic acids is 1. The number of halogens is 1. The van der Waals surface area contributed by atoms with Crippen molar-refractivity contribution in [2.45, 2.75) is 6.04 Å². The van der Waals surface area contributed by atoms with E-state index in [9.17, 15) is 19.3 Å². The van der Waals surface area contributed by atoms with E-state index in [0.717, 1.165) is 12.1 Å². The fourth-order valence-corrected chi connectivity index (χ4v) is 2.27. The lowest BCUT2D eigenvalue weighted by atomic mass is 10.2. The molecule has 0 aliphatic rings. The lowest BCUT2D eigenvalue weighted by molar-refractivity contribution is -0.387. The van der Waals surface area contributed by atoms with Crippen LogP contribution in [0, 0.1) is 15.9 Å². The van der Waals surface area contributed by atoms with Crippen molar-refractivity contribution in [3.8, 4) is 0 Å². The Morgan fingerprint density at radius 3 is 2.80 bits per heavy atom. The van der Waals surface area contributed by atoms with Crippen molar-refractivity contribution >= 4 is 28.6 Å². The van der Waals surface area contributed by atoms with Gasteiger partial charge in [0.2, 0.25) is 11.7 Å². The van der Waals surface area contributed by atoms with Crippen LogP contribution >= 0.6 is 11.3 Å². The number of hydrogen-bond acceptors (Lipinski definition) is 5. The Morgan fingerprint density at radius 1 is 1.45 bits per heavy atom. The topological polar surface area (TPSA) is 98.3 Å². The van der Waals surface area contributed by atoms with Crippen LogP contribution in [0.2, 0.25) is 0 Å². The number of benzene rings is 1. The van der Waals surface area contributed by atoms with Gasteiger partial charge in [-0.25, -0.2) is 0 Å². The molecule has 0 aliphatic heterocycles. The van der Waals surface area contributed by atoms with Gasteiger partial charge in [-0.05, 0) is 23.6 Å². The van der Waals surface area contributed by atoms with Gasteiger partial charge in [-0.3, -0.25) is 14.9 Å². The van der Waals surface area contributed by atoms with E-state index in [4.69, 9.17) is 5.73 Å². The third kappa shape index (κ3) is 2.98. The second-order valence-corrected chi connectivity index (χ2v) is 4.88. The van der Waals surface area contributed by atoms with Gasteiger partial charge < -0.3 is 11.1 Å². The molecule has 0 radical (unpaired) electrons. The maximum absolute atomic E-state index is 13.2. The van der Waals surface area contributed by atoms with Crippen LogP contribution in [0.1, 0.15) is 10.9 Å². The minimum absolute atomic E-state index is 0.120. The molecule has 0 fully saturated rings. The summed E-state index contributed by atoms with van der Waals surface area (Å²) in [7, 11) is 0. The molecule has 0 bridgehead atoms. The molecule has 2 aromatic rings. The van der Waals surface area contributed by atoms with Crippen molar-refractivity contribution < 1.29 is 14.1 Å². The molecular weight excluding hydrogens is 285 g/mol. The van der Waals surface area contributed by atoms with E-state index in [0.29, 0.717) is 4.88 Å². The monoisotopic (exact) mass is 295 g/mol. The van der Waals surface area contributed by atoms with E-state index in [2.05, 4.69) is 5.32 Å². The van der Waals surface area contributed by atoms with Crippen molar-refractivity contribution in [2.75, 3.05) is 5.32 Å². The van der Waals surface area contributed by atoms with Crippen LogP contribution in [0.15, 0.2) is 35.7 Å². The normalized spacial score (nSPS) is 11.9. The molecule has 3 N–H and O–H groups in total. The molecule has 1 aromatic carbocycles. The highest BCUT2D eigenvalue weighted by Gasteiger charge is 2.19. The zero-order valence-electron chi connectivity index (χ0n) is 10.1. The van der Waals surface area contributed by atoms with E-state index >= 15 is 0 Å². The first-order valence-electron chi connectivity index (χ1n) is 5.53. The summed E-state index contributed by atoms with van der Waals surface area (Å²) in [6.45, 7) is 0. The number of hydrogen-bond donors (Lipinski definition) is 2. The first-order chi connectivity index (χ1) is 9.49. The summed E-state index contributed by atoms with van der Waals surface area (Å²) in [6.07, 6.45) is 0. The maximum atomic E-state index is 13.2. The van der Waals surface area contributed by atoms with Gasteiger partial charge in [0.05, 0.1) is 4.92 Å². The van der Waals surface area contributed by atoms with Crippen molar-refractivity contribution in [2.24, 2.45) is 5.73 Å². The highest BCUT2D eigenvalue weighted by Crippen LogP contribution is 2.23. The van der Waals surface area contributed by atoms with Crippen LogP contribution in [0.25, 0.3) is 0 Å². The summed E-state index contributed by atoms with van der Waals surface area (Å²) in [5.74, 6) is -1.48. The molecule has 1 unspecified atom stereocenters. The number of nitrogens with two attached hydrogens (primary N) is 1. The summed E-state index contributed by atoms with van der Waals surface area (Å²) in [5, 5.41) is 14.8. The predicted octanol–water partition coefficient (Wildman–Crippen LogP) is 2.43. The first kappa shape index (κ1) is 14.1. The maximum Gasteiger partial charge on any atom is 0.306 e. The molecule has 1 aromatic heterocycles. The number of anilines is 1. The van der Waals surface area contributed by atoms with Gasteiger partial charge in [-0.2, -0.15) is 4.39 Å². The molecule has 6 nitrogen and oxygen atoms in total. The van der Waals surface area contributed by atoms with Crippen LogP contribution in [0.3, 0.4) is 0 Å². The third-order valence-corrected chi connectivity index (χ3v) is 3.50. The van der Waals surface area contributed by atoms with Crippen molar-refractivity contribution in [3.63, 3.8) is 0 Å². The fraction of sp³-hybridized carbons (Fsp3) is 0.0833. The number of nitrogens with zero attached hydrogens (tertiary/aromatic N) is 1. The van der Waals surface area contributed by atoms with E-state index < -0.39 is 28.4 Å². The SMILES string of the molecule is NC(C(=O)Nc1ccc(F)c([N+](=O)[O-])c1)c1cccs1. The Kier molecular flexibility index (Phi) is 4.06. The average molecular weight is 295 g/mol. The van der Waals surface area contributed by atoms with Crippen LogP contribution < -0.4 is 11.1 Å². The zero-order valence-corrected chi connectivity index (χ0v) is 10.9. The number of nitro benzene ring substituents is 1. The van der Waals surface area contributed by atoms with Gasteiger partial charge in [0.15, 0.2) is 0 Å². The number of amides is 1. The number of rotatable bonds is 4. The van der Waals surface area contributed by atoms with E-state index in [-0.39, 0.29) is 5.69 Å². The minimum Gasteiger partial charge on any atom is -0.324 e. The molecule has 1 heterocycles. The Morgan fingerprint density at radius 2 is 2.20 bits per heavy atom. The zero-order chi connectivity index (χ0) is 14.7. The largest absolute Gasteiger partial charge is 0.324 e. The molecule has 2 rings (SSSR count). The van der Waals surface area contributed by atoms with Crippen molar-refractivity contribution in [1.82, 2.24) is 0 Å². The first-order valence-corrected chi connectivity index (χ1v) is 6.41. The van der Waals surface area contributed by atoms with Crippen LogP contribution in [0.5, 0.6) is 0 Å². The number of thiophene rings is 1. The van der Waals surface area contributed by atoms with Gasteiger partial charge in [0.1, 0.15) is 6.04 Å². The molecule has 20 heavy (non-hydrogen) atoms. The summed E-state index contributed by atoms with van der Waals surface area (Å²) in [5.41, 5.74) is 5.17. The molecule has 104 valence electrons. The highest BCUT2D eigenvalue weighted by molar-refractivity contribution is 7.10. The van der Waals surface area contributed by atoms with E-state index in [1.807, 2.05) is 0 Å². The Bertz CT molecular complexity index is 645. The molecule has 1 amide bonds. The summed E-state index contributed by atoms with van der Waals surface area (Å²) in [6, 6.07) is 5.71. The lowest BCUT2D eigenvalue weighted by Gasteiger charge is -2.10. The molecule has 0 spiro atoms. The van der Waals surface area contributed by atoms with E-state index in [1.54, 1.807) is 17.5 Å². The standard InChI is InChI=1S/C12H10FN3O3S/c13-8-4-3-7(6-9(8)16(18)19)15-12(17)11(14)10-2-1-5-20-10/h1-6,11H,14H2,(H,15,17). The number of nitro groups is 1. The smallest absolute Gasteiger partial charge is 0.306 e. The van der Waals surface area contributed by atoms with Crippen LogP contribution in [-0.2, 0) is 4.79 Å². The van der Waals surface area contributed by atoms with Crippen LogP contribution in [-0.4, -0.2) is 10.8 Å². The van der Waals surface area contributed by atoms with Gasteiger partial charge in [-0.1, -0.05) is 6.07 Å². The number of nitrogens with one attached hydrogen (secondary N) is 1. The predicted molar refractivity (Wildman–Crippen MR) is 72.9 cm³/mol. The average Bonchev–Trinajstić information content (AvgIpc) is 2.93. The Labute approximate surface area is 117 Å². The van der Waals surface area contributed by atoms with Gasteiger partial charge in [0.25, 0.3) is 0 Å². The highest BCUT2D eigenvalue weighted by atomic mass is 32.1. The lowest BCUT2D eigenvalue weighted by Crippen LogP contribution is -2.27.